The Labute approximate surface area is 62.6 Å². The summed E-state index contributed by atoms with van der Waals surface area (Å²) in [5.74, 6) is 0. The van der Waals surface area contributed by atoms with Gasteiger partial charge < -0.3 is 4.48 Å². The Morgan fingerprint density at radius 1 is 0.889 bits per heavy atom. The summed E-state index contributed by atoms with van der Waals surface area (Å²) in [6.45, 7) is 10.5. The Morgan fingerprint density at radius 2 is 1.11 bits per heavy atom. The second kappa shape index (κ2) is 5.20. The van der Waals surface area contributed by atoms with E-state index < -0.39 is 0 Å². The second-order valence-corrected chi connectivity index (χ2v) is 2.57. The fourth-order valence-corrected chi connectivity index (χ4v) is 0.671. The summed E-state index contributed by atoms with van der Waals surface area (Å²) in [4.78, 5) is 0. The average Bonchev–Trinajstić information content (AvgIpc) is 1.87. The molecule has 9 heavy (non-hydrogen) atoms. The standard InChI is InChI=1S/C7H18N.P/c1-5-8(4,6-2)7-3;/h5-7H2,1-4H3;/q+1;. The van der Waals surface area contributed by atoms with Gasteiger partial charge >= 0.3 is 0 Å². The fourth-order valence-electron chi connectivity index (χ4n) is 0.671. The fraction of sp³-hybridized carbons (Fsp3) is 1.00. The highest BCUT2D eigenvalue weighted by atomic mass is 31.0. The van der Waals surface area contributed by atoms with E-state index in [9.17, 15) is 0 Å². The summed E-state index contributed by atoms with van der Waals surface area (Å²) in [6, 6.07) is 0. The Balaban J connectivity index is 0. The van der Waals surface area contributed by atoms with Crippen molar-refractivity contribution in [2.75, 3.05) is 26.7 Å². The summed E-state index contributed by atoms with van der Waals surface area (Å²) < 4.78 is 1.21. The first-order valence-electron chi connectivity index (χ1n) is 3.52. The lowest BCUT2D eigenvalue weighted by Crippen LogP contribution is -2.42. The summed E-state index contributed by atoms with van der Waals surface area (Å²) in [5, 5.41) is 0. The molecule has 0 saturated heterocycles. The first-order valence-corrected chi connectivity index (χ1v) is 3.52. The van der Waals surface area contributed by atoms with E-state index in [-0.39, 0.29) is 9.90 Å². The molecule has 0 N–H and O–H groups in total. The van der Waals surface area contributed by atoms with E-state index in [1.807, 2.05) is 0 Å². The zero-order valence-electron chi connectivity index (χ0n) is 7.02. The largest absolute Gasteiger partial charge is 0.327 e. The van der Waals surface area contributed by atoms with Crippen molar-refractivity contribution in [2.45, 2.75) is 20.8 Å². The molecule has 0 aliphatic rings. The molecule has 0 heterocycles. The van der Waals surface area contributed by atoms with Gasteiger partial charge in [-0.15, -0.1) is 0 Å². The van der Waals surface area contributed by atoms with Gasteiger partial charge in [-0.2, -0.15) is 0 Å². The molecular weight excluding hydrogens is 129 g/mol. The van der Waals surface area contributed by atoms with Crippen LogP contribution >= 0.6 is 9.90 Å². The number of rotatable bonds is 3. The summed E-state index contributed by atoms with van der Waals surface area (Å²) in [7, 11) is 2.29. The van der Waals surface area contributed by atoms with Crippen LogP contribution in [0.5, 0.6) is 0 Å². The number of hydrogen-bond acceptors (Lipinski definition) is 0. The molecule has 0 aliphatic carbocycles. The normalized spacial score (nSPS) is 10.7. The Morgan fingerprint density at radius 3 is 1.11 bits per heavy atom. The highest BCUT2D eigenvalue weighted by molar-refractivity contribution is 6.92. The highest BCUT2D eigenvalue weighted by Crippen LogP contribution is 1.97. The van der Waals surface area contributed by atoms with Gasteiger partial charge in [-0.05, 0) is 20.8 Å². The quantitative estimate of drug-likeness (QED) is 0.424. The molecule has 0 atom stereocenters. The minimum absolute atomic E-state index is 0. The molecule has 3 radical (unpaired) electrons. The molecule has 0 aliphatic heterocycles. The third-order valence-electron chi connectivity index (χ3n) is 2.29. The first kappa shape index (κ1) is 12.1. The molecule has 0 unspecified atom stereocenters. The molecule has 1 nitrogen and oxygen atoms in total. The minimum atomic E-state index is 0. The molecule has 0 aromatic rings. The van der Waals surface area contributed by atoms with E-state index >= 15 is 0 Å². The Kier molecular flexibility index (Phi) is 6.99. The van der Waals surface area contributed by atoms with Crippen LogP contribution in [0, 0.1) is 0 Å². The van der Waals surface area contributed by atoms with Crippen molar-refractivity contribution >= 4 is 9.90 Å². The zero-order valence-corrected chi connectivity index (χ0v) is 7.91. The maximum absolute atomic E-state index is 2.29. The van der Waals surface area contributed by atoms with Gasteiger partial charge in [0.1, 0.15) is 0 Å². The molecule has 2 heteroatoms. The van der Waals surface area contributed by atoms with Crippen LogP contribution in [0.3, 0.4) is 0 Å². The van der Waals surface area contributed by atoms with E-state index in [2.05, 4.69) is 27.8 Å². The molecule has 0 aromatic heterocycles. The van der Waals surface area contributed by atoms with Crippen LogP contribution in [0.2, 0.25) is 0 Å². The van der Waals surface area contributed by atoms with Crippen molar-refractivity contribution in [1.82, 2.24) is 0 Å². The first-order chi connectivity index (χ1) is 3.68. The molecule has 0 amide bonds. The van der Waals surface area contributed by atoms with E-state index in [4.69, 9.17) is 0 Å². The molecule has 0 saturated carbocycles. The van der Waals surface area contributed by atoms with Crippen molar-refractivity contribution in [3.8, 4) is 0 Å². The van der Waals surface area contributed by atoms with Crippen molar-refractivity contribution in [3.05, 3.63) is 0 Å². The van der Waals surface area contributed by atoms with Gasteiger partial charge in [-0.25, -0.2) is 0 Å². The zero-order chi connectivity index (χ0) is 6.62. The summed E-state index contributed by atoms with van der Waals surface area (Å²) >= 11 is 0. The van der Waals surface area contributed by atoms with Gasteiger partial charge in [0.15, 0.2) is 0 Å². The number of nitrogens with zero attached hydrogens (tertiary/aromatic N) is 1. The van der Waals surface area contributed by atoms with Crippen molar-refractivity contribution in [3.63, 3.8) is 0 Å². The van der Waals surface area contributed by atoms with Crippen molar-refractivity contribution in [1.29, 1.82) is 0 Å². The predicted molar refractivity (Wildman–Crippen MR) is 44.7 cm³/mol. The van der Waals surface area contributed by atoms with Crippen LogP contribution in [-0.4, -0.2) is 31.2 Å². The van der Waals surface area contributed by atoms with Gasteiger partial charge in [-0.1, -0.05) is 0 Å². The van der Waals surface area contributed by atoms with Gasteiger partial charge in [-0.3, -0.25) is 0 Å². The van der Waals surface area contributed by atoms with Gasteiger partial charge in [0.25, 0.3) is 0 Å². The highest BCUT2D eigenvalue weighted by Gasteiger charge is 2.10. The monoisotopic (exact) mass is 147 g/mol. The van der Waals surface area contributed by atoms with Crippen LogP contribution in [-0.2, 0) is 0 Å². The van der Waals surface area contributed by atoms with Gasteiger partial charge in [0, 0.05) is 9.90 Å². The van der Waals surface area contributed by atoms with Crippen molar-refractivity contribution in [2.24, 2.45) is 0 Å². The number of quaternary nitrogens is 1. The molecule has 0 rings (SSSR count). The van der Waals surface area contributed by atoms with Crippen molar-refractivity contribution < 1.29 is 4.48 Å². The van der Waals surface area contributed by atoms with E-state index in [1.54, 1.807) is 0 Å². The van der Waals surface area contributed by atoms with Crippen LogP contribution in [0.4, 0.5) is 0 Å². The van der Waals surface area contributed by atoms with Crippen LogP contribution in [0.1, 0.15) is 20.8 Å². The summed E-state index contributed by atoms with van der Waals surface area (Å²) in [5.41, 5.74) is 0. The molecule has 0 bridgehead atoms. The van der Waals surface area contributed by atoms with Crippen LogP contribution in [0.25, 0.3) is 0 Å². The van der Waals surface area contributed by atoms with E-state index in [0.717, 1.165) is 0 Å². The predicted octanol–water partition coefficient (Wildman–Crippen LogP) is 2.35. The molecule has 0 aromatic carbocycles. The summed E-state index contributed by atoms with van der Waals surface area (Å²) in [6.07, 6.45) is 0. The SMILES string of the molecule is CC[N+](C)(CC)CC.[P]. The maximum Gasteiger partial charge on any atom is 0.0755 e. The third-order valence-corrected chi connectivity index (χ3v) is 2.29. The lowest BCUT2D eigenvalue weighted by atomic mass is 10.4. The Hall–Kier alpha value is 0.390. The van der Waals surface area contributed by atoms with E-state index in [0.29, 0.717) is 0 Å². The second-order valence-electron chi connectivity index (χ2n) is 2.57. The topological polar surface area (TPSA) is 0 Å². The lowest BCUT2D eigenvalue weighted by molar-refractivity contribution is -0.904. The number of hydrogen-bond donors (Lipinski definition) is 0. The maximum atomic E-state index is 2.29. The molecule has 55 valence electrons. The van der Waals surface area contributed by atoms with Gasteiger partial charge in [0.2, 0.25) is 0 Å². The molecule has 0 spiro atoms. The average molecular weight is 147 g/mol. The van der Waals surface area contributed by atoms with Crippen LogP contribution < -0.4 is 0 Å². The van der Waals surface area contributed by atoms with E-state index in [1.165, 1.54) is 24.1 Å². The molecular formula is C7H18NP+. The third kappa shape index (κ3) is 3.89. The molecule has 0 fully saturated rings. The Bertz CT molecular complexity index is 51.7. The minimum Gasteiger partial charge on any atom is -0.327 e. The lowest BCUT2D eigenvalue weighted by Gasteiger charge is -2.30. The van der Waals surface area contributed by atoms with Gasteiger partial charge in [0.05, 0.1) is 26.7 Å². The van der Waals surface area contributed by atoms with Crippen LogP contribution in [0.15, 0.2) is 0 Å². The smallest absolute Gasteiger partial charge is 0.0755 e.